The number of halogens is 3. The predicted octanol–water partition coefficient (Wildman–Crippen LogP) is 3.53. The molecule has 4 rings (SSSR count). The highest BCUT2D eigenvalue weighted by Gasteiger charge is 2.20. The standard InChI is InChI=1S/C24H18ClF2N5O4/c1-12-6-13(2-4-15(12)24(35)36)9-29-23(34)20-8-19(31-21-18(27)11-30-32(20)21)22(33)28-10-14-3-5-17(26)16(25)7-14/h2-8,11H,9-10H2,1H3,(H,28,33)(H,29,34)(H,35,36). The number of carboxylic acids is 1. The molecule has 12 heteroatoms. The largest absolute Gasteiger partial charge is 0.478 e. The fourth-order valence-electron chi connectivity index (χ4n) is 3.49. The average molecular weight is 514 g/mol. The zero-order chi connectivity index (χ0) is 26.0. The molecule has 36 heavy (non-hydrogen) atoms. The molecular formula is C24H18ClF2N5O4. The van der Waals surface area contributed by atoms with E-state index in [9.17, 15) is 23.2 Å². The lowest BCUT2D eigenvalue weighted by Crippen LogP contribution is -2.28. The number of rotatable bonds is 7. The van der Waals surface area contributed by atoms with Crippen molar-refractivity contribution in [1.29, 1.82) is 0 Å². The SMILES string of the molecule is Cc1cc(CNC(=O)c2cc(C(=O)NCc3ccc(F)c(Cl)c3)nc3c(F)cnn23)ccc1C(=O)O. The van der Waals surface area contributed by atoms with Gasteiger partial charge in [-0.25, -0.2) is 23.1 Å². The first-order valence-corrected chi connectivity index (χ1v) is 10.9. The number of aromatic nitrogens is 3. The molecule has 0 bridgehead atoms. The summed E-state index contributed by atoms with van der Waals surface area (Å²) in [5, 5.41) is 18.1. The molecule has 0 unspecified atom stereocenters. The number of carbonyl (C=O) groups excluding carboxylic acids is 2. The fraction of sp³-hybridized carbons (Fsp3) is 0.125. The molecule has 0 aliphatic heterocycles. The van der Waals surface area contributed by atoms with E-state index in [1.807, 2.05) is 0 Å². The lowest BCUT2D eigenvalue weighted by atomic mass is 10.1. The Balaban J connectivity index is 1.54. The number of hydrogen-bond donors (Lipinski definition) is 3. The molecule has 0 saturated heterocycles. The Bertz CT molecular complexity index is 1520. The van der Waals surface area contributed by atoms with Crippen molar-refractivity contribution in [2.75, 3.05) is 0 Å². The molecule has 2 aromatic heterocycles. The van der Waals surface area contributed by atoms with Crippen LogP contribution in [0.25, 0.3) is 5.65 Å². The third-order valence-corrected chi connectivity index (χ3v) is 5.60. The Morgan fingerprint density at radius 3 is 2.31 bits per heavy atom. The van der Waals surface area contributed by atoms with Gasteiger partial charge in [0.1, 0.15) is 17.2 Å². The Hall–Kier alpha value is -4.38. The first-order valence-electron chi connectivity index (χ1n) is 10.5. The van der Waals surface area contributed by atoms with Gasteiger partial charge in [0.2, 0.25) is 0 Å². The molecule has 2 aromatic carbocycles. The minimum absolute atomic E-state index is 0.0132. The molecule has 0 radical (unpaired) electrons. The Morgan fingerprint density at radius 2 is 1.64 bits per heavy atom. The lowest BCUT2D eigenvalue weighted by molar-refractivity contribution is 0.0695. The van der Waals surface area contributed by atoms with Crippen LogP contribution in [0, 0.1) is 18.6 Å². The molecule has 9 nitrogen and oxygen atoms in total. The van der Waals surface area contributed by atoms with Crippen LogP contribution < -0.4 is 10.6 Å². The van der Waals surface area contributed by atoms with Crippen LogP contribution in [0.3, 0.4) is 0 Å². The molecule has 0 aliphatic carbocycles. The molecule has 0 saturated carbocycles. The van der Waals surface area contributed by atoms with Crippen molar-refractivity contribution < 1.29 is 28.3 Å². The quantitative estimate of drug-likeness (QED) is 0.347. The Morgan fingerprint density at radius 1 is 0.972 bits per heavy atom. The van der Waals surface area contributed by atoms with E-state index in [1.165, 1.54) is 24.3 Å². The van der Waals surface area contributed by atoms with E-state index in [1.54, 1.807) is 19.1 Å². The number of hydrogen-bond acceptors (Lipinski definition) is 5. The topological polar surface area (TPSA) is 126 Å². The molecular weight excluding hydrogens is 496 g/mol. The maximum atomic E-state index is 14.3. The zero-order valence-corrected chi connectivity index (χ0v) is 19.4. The number of fused-ring (bicyclic) bond motifs is 1. The molecule has 184 valence electrons. The highest BCUT2D eigenvalue weighted by atomic mass is 35.5. The van der Waals surface area contributed by atoms with Crippen LogP contribution in [-0.2, 0) is 13.1 Å². The van der Waals surface area contributed by atoms with Gasteiger partial charge in [0.15, 0.2) is 11.5 Å². The van der Waals surface area contributed by atoms with Crippen LogP contribution in [0.5, 0.6) is 0 Å². The second-order valence-electron chi connectivity index (χ2n) is 7.82. The minimum atomic E-state index is -1.06. The number of carbonyl (C=O) groups is 3. The van der Waals surface area contributed by atoms with Gasteiger partial charge in [0, 0.05) is 19.2 Å². The van der Waals surface area contributed by atoms with Crippen LogP contribution in [0.4, 0.5) is 8.78 Å². The first kappa shape index (κ1) is 24.7. The van der Waals surface area contributed by atoms with E-state index in [0.717, 1.165) is 16.8 Å². The third kappa shape index (κ3) is 5.15. The molecule has 4 aromatic rings. The van der Waals surface area contributed by atoms with Crippen molar-refractivity contribution in [3.8, 4) is 0 Å². The van der Waals surface area contributed by atoms with Gasteiger partial charge in [0.05, 0.1) is 16.8 Å². The molecule has 0 fully saturated rings. The minimum Gasteiger partial charge on any atom is -0.478 e. The number of benzene rings is 2. The highest BCUT2D eigenvalue weighted by molar-refractivity contribution is 6.30. The molecule has 3 N–H and O–H groups in total. The van der Waals surface area contributed by atoms with Crippen LogP contribution in [0.15, 0.2) is 48.7 Å². The Kier molecular flexibility index (Phi) is 6.93. The lowest BCUT2D eigenvalue weighted by Gasteiger charge is -2.11. The van der Waals surface area contributed by atoms with Crippen molar-refractivity contribution >= 4 is 35.0 Å². The van der Waals surface area contributed by atoms with E-state index in [4.69, 9.17) is 16.7 Å². The summed E-state index contributed by atoms with van der Waals surface area (Å²) in [5.41, 5.74) is 1.13. The number of nitrogens with one attached hydrogen (secondary N) is 2. The van der Waals surface area contributed by atoms with Crippen molar-refractivity contribution in [2.24, 2.45) is 0 Å². The molecule has 2 amide bonds. The summed E-state index contributed by atoms with van der Waals surface area (Å²) in [6.45, 7) is 1.67. The van der Waals surface area contributed by atoms with E-state index < -0.39 is 29.4 Å². The van der Waals surface area contributed by atoms with Gasteiger partial charge in [-0.15, -0.1) is 0 Å². The van der Waals surface area contributed by atoms with Crippen molar-refractivity contribution in [1.82, 2.24) is 25.2 Å². The third-order valence-electron chi connectivity index (χ3n) is 5.31. The van der Waals surface area contributed by atoms with Crippen LogP contribution in [0.1, 0.15) is 48.0 Å². The van der Waals surface area contributed by atoms with Gasteiger partial charge >= 0.3 is 5.97 Å². The van der Waals surface area contributed by atoms with Gasteiger partial charge < -0.3 is 15.7 Å². The average Bonchev–Trinajstić information content (AvgIpc) is 3.22. The molecule has 0 atom stereocenters. The normalized spacial score (nSPS) is 10.9. The molecule has 2 heterocycles. The summed E-state index contributed by atoms with van der Waals surface area (Å²) >= 11 is 5.75. The summed E-state index contributed by atoms with van der Waals surface area (Å²) < 4.78 is 28.6. The maximum Gasteiger partial charge on any atom is 0.335 e. The predicted molar refractivity (Wildman–Crippen MR) is 125 cm³/mol. The van der Waals surface area contributed by atoms with Crippen LogP contribution in [0.2, 0.25) is 5.02 Å². The Labute approximate surface area is 207 Å². The first-order chi connectivity index (χ1) is 17.1. The van der Waals surface area contributed by atoms with Crippen molar-refractivity contribution in [3.05, 3.63) is 99.0 Å². The zero-order valence-electron chi connectivity index (χ0n) is 18.7. The number of carboxylic acid groups (broad SMARTS) is 1. The van der Waals surface area contributed by atoms with Gasteiger partial charge in [-0.3, -0.25) is 9.59 Å². The number of aryl methyl sites for hydroxylation is 1. The summed E-state index contributed by atoms with van der Waals surface area (Å²) in [7, 11) is 0. The second kappa shape index (κ2) is 10.1. The van der Waals surface area contributed by atoms with Gasteiger partial charge in [-0.2, -0.15) is 5.10 Å². The van der Waals surface area contributed by atoms with Crippen LogP contribution in [-0.4, -0.2) is 37.5 Å². The number of aromatic carboxylic acids is 1. The number of nitrogens with zero attached hydrogens (tertiary/aromatic N) is 3. The summed E-state index contributed by atoms with van der Waals surface area (Å²) in [6.07, 6.45) is 0.870. The van der Waals surface area contributed by atoms with Gasteiger partial charge in [-0.05, 0) is 41.8 Å². The fourth-order valence-corrected chi connectivity index (χ4v) is 3.69. The summed E-state index contributed by atoms with van der Waals surface area (Å²) in [5.74, 6) is -3.85. The van der Waals surface area contributed by atoms with Crippen molar-refractivity contribution in [2.45, 2.75) is 20.0 Å². The van der Waals surface area contributed by atoms with Gasteiger partial charge in [0.25, 0.3) is 11.8 Å². The van der Waals surface area contributed by atoms with Crippen molar-refractivity contribution in [3.63, 3.8) is 0 Å². The van der Waals surface area contributed by atoms with Crippen LogP contribution >= 0.6 is 11.6 Å². The van der Waals surface area contributed by atoms with E-state index in [-0.39, 0.29) is 40.7 Å². The summed E-state index contributed by atoms with van der Waals surface area (Å²) in [6, 6.07) is 9.75. The second-order valence-corrected chi connectivity index (χ2v) is 8.23. The molecule has 0 aliphatic rings. The molecule has 0 spiro atoms. The van der Waals surface area contributed by atoms with E-state index >= 15 is 0 Å². The summed E-state index contributed by atoms with van der Waals surface area (Å²) in [4.78, 5) is 40.8. The maximum absolute atomic E-state index is 14.3. The highest BCUT2D eigenvalue weighted by Crippen LogP contribution is 2.17. The van der Waals surface area contributed by atoms with E-state index in [0.29, 0.717) is 16.7 Å². The smallest absolute Gasteiger partial charge is 0.335 e. The number of amides is 2. The monoisotopic (exact) mass is 513 g/mol. The van der Waals surface area contributed by atoms with E-state index in [2.05, 4.69) is 20.7 Å². The van der Waals surface area contributed by atoms with Gasteiger partial charge in [-0.1, -0.05) is 29.8 Å².